The van der Waals surface area contributed by atoms with Crippen LogP contribution in [0.4, 0.5) is 0 Å². The van der Waals surface area contributed by atoms with Crippen LogP contribution < -0.4 is 4.74 Å². The van der Waals surface area contributed by atoms with Crippen molar-refractivity contribution in [1.29, 1.82) is 0 Å². The van der Waals surface area contributed by atoms with E-state index in [1.54, 1.807) is 23.1 Å². The second-order valence-electron chi connectivity index (χ2n) is 6.96. The van der Waals surface area contributed by atoms with E-state index in [1.165, 1.54) is 0 Å². The van der Waals surface area contributed by atoms with E-state index in [0.717, 1.165) is 32.3 Å². The minimum Gasteiger partial charge on any atom is -0.491 e. The Morgan fingerprint density at radius 1 is 1.19 bits per heavy atom. The number of ether oxygens (including phenoxy) is 3. The predicted octanol–water partition coefficient (Wildman–Crippen LogP) is 2.34. The third kappa shape index (κ3) is 5.68. The molecular weight excluding hydrogens is 350 g/mol. The van der Waals surface area contributed by atoms with Crippen LogP contribution in [0.1, 0.15) is 42.5 Å². The van der Waals surface area contributed by atoms with Gasteiger partial charge in [0.2, 0.25) is 0 Å². The fourth-order valence-electron chi connectivity index (χ4n) is 3.51. The van der Waals surface area contributed by atoms with Gasteiger partial charge in [0.15, 0.2) is 0 Å². The van der Waals surface area contributed by atoms with E-state index in [1.807, 2.05) is 6.07 Å². The van der Waals surface area contributed by atoms with Gasteiger partial charge in [-0.1, -0.05) is 6.07 Å². The lowest BCUT2D eigenvalue weighted by Gasteiger charge is -2.34. The molecule has 2 heterocycles. The molecule has 2 fully saturated rings. The smallest absolute Gasteiger partial charge is 0.305 e. The van der Waals surface area contributed by atoms with Gasteiger partial charge in [-0.05, 0) is 43.9 Å². The summed E-state index contributed by atoms with van der Waals surface area (Å²) in [7, 11) is 0. The van der Waals surface area contributed by atoms with Crippen LogP contribution in [0.3, 0.4) is 0 Å². The van der Waals surface area contributed by atoms with Crippen LogP contribution in [0, 0.1) is 0 Å². The highest BCUT2D eigenvalue weighted by Gasteiger charge is 2.27. The predicted molar refractivity (Wildman–Crippen MR) is 98.0 cm³/mol. The van der Waals surface area contributed by atoms with Crippen molar-refractivity contribution in [2.45, 2.75) is 44.2 Å². The molecule has 0 bridgehead atoms. The van der Waals surface area contributed by atoms with Gasteiger partial charge in [0.25, 0.3) is 5.91 Å². The topological polar surface area (TPSA) is 85.3 Å². The molecule has 3 rings (SSSR count). The average Bonchev–Trinajstić information content (AvgIpc) is 3.21. The lowest BCUT2D eigenvalue weighted by Crippen LogP contribution is -2.44. The van der Waals surface area contributed by atoms with Crippen LogP contribution >= 0.6 is 0 Å². The fourth-order valence-corrected chi connectivity index (χ4v) is 3.51. The summed E-state index contributed by atoms with van der Waals surface area (Å²) in [6, 6.07) is 7.08. The molecule has 0 unspecified atom stereocenters. The molecule has 1 N–H and O–H groups in total. The number of aliphatic carboxylic acids is 1. The molecule has 0 saturated carbocycles. The van der Waals surface area contributed by atoms with E-state index in [-0.39, 0.29) is 31.0 Å². The van der Waals surface area contributed by atoms with E-state index in [0.29, 0.717) is 31.1 Å². The molecule has 2 aliphatic rings. The minimum atomic E-state index is -0.909. The molecule has 7 heteroatoms. The number of carbonyl (C=O) groups is 2. The van der Waals surface area contributed by atoms with Crippen molar-refractivity contribution in [3.05, 3.63) is 29.8 Å². The first-order chi connectivity index (χ1) is 13.1. The molecule has 0 aromatic heterocycles. The number of carbonyl (C=O) groups excluding carboxylic acids is 1. The van der Waals surface area contributed by atoms with Gasteiger partial charge in [0.1, 0.15) is 12.4 Å². The van der Waals surface area contributed by atoms with Gasteiger partial charge < -0.3 is 24.2 Å². The van der Waals surface area contributed by atoms with Crippen molar-refractivity contribution in [2.75, 3.05) is 33.0 Å². The molecule has 7 nitrogen and oxygen atoms in total. The molecule has 0 spiro atoms. The Hall–Kier alpha value is -2.12. The van der Waals surface area contributed by atoms with Crippen LogP contribution in [0.15, 0.2) is 24.3 Å². The van der Waals surface area contributed by atoms with Gasteiger partial charge in [0.05, 0.1) is 12.5 Å². The molecule has 2 saturated heterocycles. The van der Waals surface area contributed by atoms with Crippen LogP contribution in [0.25, 0.3) is 0 Å². The second kappa shape index (κ2) is 9.71. The van der Waals surface area contributed by atoms with Gasteiger partial charge in [-0.2, -0.15) is 0 Å². The van der Waals surface area contributed by atoms with Gasteiger partial charge >= 0.3 is 5.97 Å². The summed E-state index contributed by atoms with van der Waals surface area (Å²) >= 11 is 0. The first-order valence-corrected chi connectivity index (χ1v) is 9.58. The Kier molecular flexibility index (Phi) is 7.06. The van der Waals surface area contributed by atoms with Crippen molar-refractivity contribution >= 4 is 11.9 Å². The van der Waals surface area contributed by atoms with E-state index >= 15 is 0 Å². The van der Waals surface area contributed by atoms with E-state index in [2.05, 4.69) is 0 Å². The number of benzene rings is 1. The summed E-state index contributed by atoms with van der Waals surface area (Å²) in [4.78, 5) is 25.8. The number of hydrogen-bond acceptors (Lipinski definition) is 5. The molecule has 1 amide bonds. The normalized spacial score (nSPS) is 20.4. The van der Waals surface area contributed by atoms with Crippen LogP contribution in [0.2, 0.25) is 0 Å². The zero-order valence-electron chi connectivity index (χ0n) is 15.5. The second-order valence-corrected chi connectivity index (χ2v) is 6.96. The monoisotopic (exact) mass is 377 g/mol. The fraction of sp³-hybridized carbons (Fsp3) is 0.600. The third-order valence-electron chi connectivity index (χ3n) is 5.00. The van der Waals surface area contributed by atoms with Gasteiger partial charge in [-0.25, -0.2) is 0 Å². The zero-order chi connectivity index (χ0) is 19.1. The number of nitrogens with zero attached hydrogens (tertiary/aromatic N) is 1. The van der Waals surface area contributed by atoms with E-state index < -0.39 is 5.97 Å². The van der Waals surface area contributed by atoms with Gasteiger partial charge in [0, 0.05) is 38.0 Å². The number of hydrogen-bond donors (Lipinski definition) is 1. The first-order valence-electron chi connectivity index (χ1n) is 9.58. The Labute approximate surface area is 159 Å². The maximum Gasteiger partial charge on any atom is 0.305 e. The molecule has 2 aliphatic heterocycles. The summed E-state index contributed by atoms with van der Waals surface area (Å²) < 4.78 is 16.7. The highest BCUT2D eigenvalue weighted by molar-refractivity contribution is 5.95. The molecule has 1 atom stereocenters. The largest absolute Gasteiger partial charge is 0.491 e. The summed E-state index contributed by atoms with van der Waals surface area (Å²) in [5.41, 5.74) is 0.511. The third-order valence-corrected chi connectivity index (χ3v) is 5.00. The number of carboxylic acid groups (broad SMARTS) is 1. The summed E-state index contributed by atoms with van der Waals surface area (Å²) in [6.07, 6.45) is 3.53. The van der Waals surface area contributed by atoms with Crippen LogP contribution in [0.5, 0.6) is 5.75 Å². The molecule has 27 heavy (non-hydrogen) atoms. The summed E-state index contributed by atoms with van der Waals surface area (Å²) in [5.74, 6) is -0.444. The Balaban J connectivity index is 1.67. The molecule has 1 aromatic carbocycles. The number of rotatable bonds is 8. The Morgan fingerprint density at radius 3 is 2.70 bits per heavy atom. The highest BCUT2D eigenvalue weighted by atomic mass is 16.5. The van der Waals surface area contributed by atoms with E-state index in [9.17, 15) is 9.59 Å². The molecule has 1 aromatic rings. The number of amides is 1. The average molecular weight is 377 g/mol. The Morgan fingerprint density at radius 2 is 2.00 bits per heavy atom. The zero-order valence-corrected chi connectivity index (χ0v) is 15.5. The number of carboxylic acids is 1. The van der Waals surface area contributed by atoms with Crippen LogP contribution in [-0.2, 0) is 14.3 Å². The van der Waals surface area contributed by atoms with E-state index in [4.69, 9.17) is 19.3 Å². The highest BCUT2D eigenvalue weighted by Crippen LogP contribution is 2.21. The first kappa shape index (κ1) is 19.6. The van der Waals surface area contributed by atoms with Crippen molar-refractivity contribution < 1.29 is 28.9 Å². The van der Waals surface area contributed by atoms with Crippen LogP contribution in [-0.4, -0.2) is 67.0 Å². The van der Waals surface area contributed by atoms with Crippen molar-refractivity contribution in [3.63, 3.8) is 0 Å². The maximum atomic E-state index is 13.1. The quantitative estimate of drug-likeness (QED) is 0.748. The van der Waals surface area contributed by atoms with Crippen molar-refractivity contribution in [3.8, 4) is 5.75 Å². The molecular formula is C20H27NO6. The van der Waals surface area contributed by atoms with Gasteiger partial charge in [-0.15, -0.1) is 0 Å². The maximum absolute atomic E-state index is 13.1. The lowest BCUT2D eigenvalue weighted by molar-refractivity contribution is -0.137. The standard InChI is InChI=1S/C20H27NO6/c22-19(23)6-9-21(16-7-11-25-12-8-16)20(24)15-3-1-4-17(13-15)27-14-18-5-2-10-26-18/h1,3-4,13,16,18H,2,5-12,14H2,(H,22,23)/t18-/m0/s1. The van der Waals surface area contributed by atoms with Gasteiger partial charge in [-0.3, -0.25) is 9.59 Å². The lowest BCUT2D eigenvalue weighted by atomic mass is 10.0. The summed E-state index contributed by atoms with van der Waals surface area (Å²) in [6.45, 7) is 2.62. The molecule has 0 aliphatic carbocycles. The Bertz CT molecular complexity index is 637. The minimum absolute atomic E-state index is 0.00191. The SMILES string of the molecule is O=C(O)CCN(C(=O)c1cccc(OC[C@@H]2CCCO2)c1)C1CCOCC1. The summed E-state index contributed by atoms with van der Waals surface area (Å²) in [5, 5.41) is 9.04. The van der Waals surface area contributed by atoms with Crippen molar-refractivity contribution in [2.24, 2.45) is 0 Å². The van der Waals surface area contributed by atoms with Crippen molar-refractivity contribution in [1.82, 2.24) is 4.90 Å². The molecule has 148 valence electrons. The molecule has 0 radical (unpaired) electrons.